The summed E-state index contributed by atoms with van der Waals surface area (Å²) in [5, 5.41) is 0. The first-order valence-corrected chi connectivity index (χ1v) is 6.87. The molecule has 2 rings (SSSR count). The molecule has 0 saturated carbocycles. The third-order valence-corrected chi connectivity index (χ3v) is 3.73. The lowest BCUT2D eigenvalue weighted by molar-refractivity contribution is 0.0683. The maximum atomic E-state index is 12.6. The number of nitrogens with two attached hydrogens (primary N) is 1. The summed E-state index contributed by atoms with van der Waals surface area (Å²) in [6, 6.07) is 3.30. The molecular formula is C15H22N2O3. The molecule has 0 aromatic heterocycles. The number of likely N-dealkylation sites (tertiary alicyclic amines) is 1. The van der Waals surface area contributed by atoms with Gasteiger partial charge in [-0.05, 0) is 24.8 Å². The van der Waals surface area contributed by atoms with Crippen LogP contribution in [-0.4, -0.2) is 38.1 Å². The van der Waals surface area contributed by atoms with Gasteiger partial charge in [-0.3, -0.25) is 4.79 Å². The van der Waals surface area contributed by atoms with Gasteiger partial charge in [0.2, 0.25) is 0 Å². The van der Waals surface area contributed by atoms with E-state index in [2.05, 4.69) is 6.92 Å². The Bertz CT molecular complexity index is 502. The lowest BCUT2D eigenvalue weighted by atomic mass is 9.99. The van der Waals surface area contributed by atoms with Gasteiger partial charge in [0.1, 0.15) is 0 Å². The predicted octanol–water partition coefficient (Wildman–Crippen LogP) is 2.16. The van der Waals surface area contributed by atoms with Crippen molar-refractivity contribution in [3.05, 3.63) is 17.7 Å². The monoisotopic (exact) mass is 278 g/mol. The number of hydrogen-bond acceptors (Lipinski definition) is 4. The van der Waals surface area contributed by atoms with E-state index in [1.165, 1.54) is 6.42 Å². The van der Waals surface area contributed by atoms with Crippen LogP contribution in [0.1, 0.15) is 30.1 Å². The Morgan fingerprint density at radius 1 is 1.30 bits per heavy atom. The minimum Gasteiger partial charge on any atom is -0.493 e. The minimum atomic E-state index is -0.0324. The zero-order valence-corrected chi connectivity index (χ0v) is 12.3. The van der Waals surface area contributed by atoms with Crippen molar-refractivity contribution in [2.45, 2.75) is 19.8 Å². The average molecular weight is 278 g/mol. The number of carbonyl (C=O) groups is 1. The normalized spacial score (nSPS) is 18.8. The lowest BCUT2D eigenvalue weighted by Crippen LogP contribution is -2.39. The van der Waals surface area contributed by atoms with Gasteiger partial charge in [0.05, 0.1) is 19.8 Å². The van der Waals surface area contributed by atoms with Crippen molar-refractivity contribution in [3.63, 3.8) is 0 Å². The van der Waals surface area contributed by atoms with Gasteiger partial charge in [-0.15, -0.1) is 0 Å². The van der Waals surface area contributed by atoms with Gasteiger partial charge in [0.25, 0.3) is 5.91 Å². The molecule has 0 spiro atoms. The third-order valence-electron chi connectivity index (χ3n) is 3.73. The van der Waals surface area contributed by atoms with Crippen LogP contribution in [0.2, 0.25) is 0 Å². The first kappa shape index (κ1) is 14.5. The van der Waals surface area contributed by atoms with E-state index in [1.807, 2.05) is 4.90 Å². The molecule has 1 fully saturated rings. The van der Waals surface area contributed by atoms with Crippen LogP contribution < -0.4 is 15.2 Å². The predicted molar refractivity (Wildman–Crippen MR) is 78.3 cm³/mol. The van der Waals surface area contributed by atoms with Crippen LogP contribution in [0, 0.1) is 5.92 Å². The van der Waals surface area contributed by atoms with Gasteiger partial charge in [-0.1, -0.05) is 6.92 Å². The second-order valence-corrected chi connectivity index (χ2v) is 5.29. The number of nitrogens with zero attached hydrogens (tertiary/aromatic N) is 1. The van der Waals surface area contributed by atoms with E-state index in [0.717, 1.165) is 19.5 Å². The fourth-order valence-electron chi connectivity index (χ4n) is 2.62. The quantitative estimate of drug-likeness (QED) is 0.860. The number of amides is 1. The molecule has 5 nitrogen and oxygen atoms in total. The molecule has 1 heterocycles. The van der Waals surface area contributed by atoms with E-state index >= 15 is 0 Å². The molecule has 110 valence electrons. The van der Waals surface area contributed by atoms with Gasteiger partial charge in [0.15, 0.2) is 11.5 Å². The van der Waals surface area contributed by atoms with E-state index in [9.17, 15) is 4.79 Å². The van der Waals surface area contributed by atoms with E-state index in [4.69, 9.17) is 15.2 Å². The maximum Gasteiger partial charge on any atom is 0.256 e. The molecule has 0 bridgehead atoms. The molecule has 20 heavy (non-hydrogen) atoms. The largest absolute Gasteiger partial charge is 0.493 e. The molecular weight excluding hydrogens is 256 g/mol. The topological polar surface area (TPSA) is 64.8 Å². The van der Waals surface area contributed by atoms with Crippen molar-refractivity contribution in [3.8, 4) is 11.5 Å². The third kappa shape index (κ3) is 2.81. The molecule has 1 saturated heterocycles. The van der Waals surface area contributed by atoms with E-state index < -0.39 is 0 Å². The molecule has 1 aromatic rings. The molecule has 1 aliphatic heterocycles. The van der Waals surface area contributed by atoms with Gasteiger partial charge in [-0.2, -0.15) is 0 Å². The molecule has 1 amide bonds. The molecule has 1 aliphatic rings. The van der Waals surface area contributed by atoms with Crippen molar-refractivity contribution in [1.29, 1.82) is 0 Å². The first-order chi connectivity index (χ1) is 9.56. The number of benzene rings is 1. The number of hydrogen-bond donors (Lipinski definition) is 1. The van der Waals surface area contributed by atoms with E-state index in [-0.39, 0.29) is 5.91 Å². The number of piperidine rings is 1. The highest BCUT2D eigenvalue weighted by atomic mass is 16.5. The highest BCUT2D eigenvalue weighted by Gasteiger charge is 2.24. The number of anilines is 1. The Morgan fingerprint density at radius 3 is 2.55 bits per heavy atom. The molecule has 0 aliphatic carbocycles. The summed E-state index contributed by atoms with van der Waals surface area (Å²) in [4.78, 5) is 14.5. The fraction of sp³-hybridized carbons (Fsp3) is 0.533. The number of carbonyl (C=O) groups excluding carboxylic acids is 1. The Labute approximate surface area is 119 Å². The summed E-state index contributed by atoms with van der Waals surface area (Å²) in [6.45, 7) is 3.74. The summed E-state index contributed by atoms with van der Waals surface area (Å²) in [6.07, 6.45) is 2.21. The van der Waals surface area contributed by atoms with Crippen molar-refractivity contribution in [2.75, 3.05) is 33.0 Å². The second kappa shape index (κ2) is 6.03. The molecule has 5 heteroatoms. The number of ether oxygens (including phenoxy) is 2. The summed E-state index contributed by atoms with van der Waals surface area (Å²) < 4.78 is 10.4. The van der Waals surface area contributed by atoms with Crippen LogP contribution in [0.3, 0.4) is 0 Å². The van der Waals surface area contributed by atoms with E-state index in [0.29, 0.717) is 28.7 Å². The Morgan fingerprint density at radius 2 is 1.95 bits per heavy atom. The van der Waals surface area contributed by atoms with Crippen molar-refractivity contribution < 1.29 is 14.3 Å². The summed E-state index contributed by atoms with van der Waals surface area (Å²) in [5.74, 6) is 1.56. The van der Waals surface area contributed by atoms with Crippen molar-refractivity contribution >= 4 is 11.6 Å². The standard InChI is InChI=1S/C15H22N2O3/c1-10-5-4-6-17(9-10)15(18)11-7-13(19-2)14(20-3)8-12(11)16/h7-8,10H,4-6,9,16H2,1-3H3. The highest BCUT2D eigenvalue weighted by Crippen LogP contribution is 2.33. The van der Waals surface area contributed by atoms with Crippen LogP contribution in [0.4, 0.5) is 5.69 Å². The van der Waals surface area contributed by atoms with Gasteiger partial charge >= 0.3 is 0 Å². The van der Waals surface area contributed by atoms with Gasteiger partial charge < -0.3 is 20.1 Å². The second-order valence-electron chi connectivity index (χ2n) is 5.29. The molecule has 0 radical (unpaired) electrons. The molecule has 1 atom stereocenters. The Kier molecular flexibility index (Phi) is 4.37. The van der Waals surface area contributed by atoms with Crippen molar-refractivity contribution in [1.82, 2.24) is 4.90 Å². The highest BCUT2D eigenvalue weighted by molar-refractivity contribution is 6.00. The Hall–Kier alpha value is -1.91. The van der Waals surface area contributed by atoms with E-state index in [1.54, 1.807) is 26.4 Å². The number of rotatable bonds is 3. The smallest absolute Gasteiger partial charge is 0.256 e. The van der Waals surface area contributed by atoms with Crippen LogP contribution in [0.25, 0.3) is 0 Å². The van der Waals surface area contributed by atoms with Gasteiger partial charge in [0, 0.05) is 24.8 Å². The zero-order chi connectivity index (χ0) is 14.7. The summed E-state index contributed by atoms with van der Waals surface area (Å²) in [5.41, 5.74) is 6.88. The lowest BCUT2D eigenvalue weighted by Gasteiger charge is -2.31. The summed E-state index contributed by atoms with van der Waals surface area (Å²) >= 11 is 0. The Balaban J connectivity index is 2.29. The SMILES string of the molecule is COc1cc(N)c(C(=O)N2CCCC(C)C2)cc1OC. The van der Waals surface area contributed by atoms with Crippen LogP contribution >= 0.6 is 0 Å². The molecule has 2 N–H and O–H groups in total. The number of methoxy groups -OCH3 is 2. The molecule has 1 aromatic carbocycles. The summed E-state index contributed by atoms with van der Waals surface area (Å²) in [7, 11) is 3.09. The molecule has 1 unspecified atom stereocenters. The van der Waals surface area contributed by atoms with Crippen LogP contribution in [0.15, 0.2) is 12.1 Å². The maximum absolute atomic E-state index is 12.6. The first-order valence-electron chi connectivity index (χ1n) is 6.87. The number of nitrogen functional groups attached to an aromatic ring is 1. The van der Waals surface area contributed by atoms with Crippen molar-refractivity contribution in [2.24, 2.45) is 5.92 Å². The zero-order valence-electron chi connectivity index (χ0n) is 12.3. The van der Waals surface area contributed by atoms with Crippen LogP contribution in [-0.2, 0) is 0 Å². The van der Waals surface area contributed by atoms with Crippen LogP contribution in [0.5, 0.6) is 11.5 Å². The van der Waals surface area contributed by atoms with Gasteiger partial charge in [-0.25, -0.2) is 0 Å². The average Bonchev–Trinajstić information content (AvgIpc) is 2.46. The minimum absolute atomic E-state index is 0.0324. The fourth-order valence-corrected chi connectivity index (χ4v) is 2.62.